The van der Waals surface area contributed by atoms with E-state index in [1.165, 1.54) is 7.11 Å². The van der Waals surface area contributed by atoms with Crippen LogP contribution in [-0.2, 0) is 4.79 Å². The Morgan fingerprint density at radius 3 is 2.44 bits per heavy atom. The zero-order valence-corrected chi connectivity index (χ0v) is 14.8. The standard InChI is InChI=1S/C20H24N2O3/c1-4-13(2)18(21)20(24)22-17-11-10-15(25-3)12-16(17)19(23)14-8-6-5-7-9-14/h5-13,18H,4,21H2,1-3H3,(H,22,24). The summed E-state index contributed by atoms with van der Waals surface area (Å²) in [6, 6.07) is 13.3. The molecule has 132 valence electrons. The van der Waals surface area contributed by atoms with Gasteiger partial charge in [-0.15, -0.1) is 0 Å². The van der Waals surface area contributed by atoms with E-state index in [1.807, 2.05) is 19.9 Å². The number of hydrogen-bond donors (Lipinski definition) is 2. The molecule has 0 radical (unpaired) electrons. The average molecular weight is 340 g/mol. The lowest BCUT2D eigenvalue weighted by molar-refractivity contribution is -0.118. The Bertz CT molecular complexity index is 744. The number of rotatable bonds is 7. The van der Waals surface area contributed by atoms with Gasteiger partial charge in [-0.05, 0) is 24.1 Å². The van der Waals surface area contributed by atoms with Crippen molar-refractivity contribution in [2.75, 3.05) is 12.4 Å². The summed E-state index contributed by atoms with van der Waals surface area (Å²) < 4.78 is 5.21. The quantitative estimate of drug-likeness (QED) is 0.758. The lowest BCUT2D eigenvalue weighted by Crippen LogP contribution is -2.40. The van der Waals surface area contributed by atoms with Crippen LogP contribution in [-0.4, -0.2) is 24.8 Å². The maximum absolute atomic E-state index is 12.8. The Kier molecular flexibility index (Phi) is 6.31. The highest BCUT2D eigenvalue weighted by Gasteiger charge is 2.22. The highest BCUT2D eigenvalue weighted by molar-refractivity contribution is 6.14. The minimum absolute atomic E-state index is 0.0477. The molecule has 0 aromatic heterocycles. The Labute approximate surface area is 148 Å². The van der Waals surface area contributed by atoms with E-state index in [4.69, 9.17) is 10.5 Å². The lowest BCUT2D eigenvalue weighted by Gasteiger charge is -2.19. The first kappa shape index (κ1) is 18.7. The molecule has 2 rings (SSSR count). The van der Waals surface area contributed by atoms with Crippen molar-refractivity contribution in [3.8, 4) is 5.75 Å². The van der Waals surface area contributed by atoms with E-state index in [0.717, 1.165) is 6.42 Å². The van der Waals surface area contributed by atoms with Crippen LogP contribution in [0, 0.1) is 5.92 Å². The highest BCUT2D eigenvalue weighted by Crippen LogP contribution is 2.25. The molecule has 0 aliphatic rings. The molecule has 5 heteroatoms. The van der Waals surface area contributed by atoms with Crippen molar-refractivity contribution in [1.82, 2.24) is 0 Å². The topological polar surface area (TPSA) is 81.4 Å². The Hall–Kier alpha value is -2.66. The van der Waals surface area contributed by atoms with E-state index < -0.39 is 6.04 Å². The number of hydrogen-bond acceptors (Lipinski definition) is 4. The predicted molar refractivity (Wildman–Crippen MR) is 98.9 cm³/mol. The molecule has 0 saturated heterocycles. The minimum atomic E-state index is -0.633. The molecule has 1 amide bonds. The minimum Gasteiger partial charge on any atom is -0.497 e. The van der Waals surface area contributed by atoms with Crippen molar-refractivity contribution in [2.24, 2.45) is 11.7 Å². The maximum Gasteiger partial charge on any atom is 0.241 e. The van der Waals surface area contributed by atoms with E-state index in [9.17, 15) is 9.59 Å². The number of nitrogens with two attached hydrogens (primary N) is 1. The van der Waals surface area contributed by atoms with Gasteiger partial charge in [0.05, 0.1) is 18.8 Å². The van der Waals surface area contributed by atoms with Gasteiger partial charge < -0.3 is 15.8 Å². The first-order valence-electron chi connectivity index (χ1n) is 8.32. The number of ether oxygens (including phenoxy) is 1. The van der Waals surface area contributed by atoms with Crippen molar-refractivity contribution in [3.63, 3.8) is 0 Å². The fourth-order valence-electron chi connectivity index (χ4n) is 2.42. The molecular weight excluding hydrogens is 316 g/mol. The number of carbonyl (C=O) groups excluding carboxylic acids is 2. The molecule has 0 aliphatic heterocycles. The smallest absolute Gasteiger partial charge is 0.241 e. The molecule has 0 spiro atoms. The van der Waals surface area contributed by atoms with Crippen LogP contribution in [0.1, 0.15) is 36.2 Å². The number of anilines is 1. The molecule has 2 unspecified atom stereocenters. The molecule has 0 aliphatic carbocycles. The van der Waals surface area contributed by atoms with Gasteiger partial charge in [-0.2, -0.15) is 0 Å². The largest absolute Gasteiger partial charge is 0.497 e. The van der Waals surface area contributed by atoms with Crippen molar-refractivity contribution in [3.05, 3.63) is 59.7 Å². The number of ketones is 1. The van der Waals surface area contributed by atoms with Gasteiger partial charge >= 0.3 is 0 Å². The van der Waals surface area contributed by atoms with Gasteiger partial charge in [-0.1, -0.05) is 50.6 Å². The summed E-state index contributed by atoms with van der Waals surface area (Å²) in [6.45, 7) is 3.91. The van der Waals surface area contributed by atoms with Gasteiger partial charge in [0, 0.05) is 11.1 Å². The molecule has 3 N–H and O–H groups in total. The second-order valence-electron chi connectivity index (χ2n) is 6.01. The first-order valence-corrected chi connectivity index (χ1v) is 8.32. The molecule has 0 saturated carbocycles. The summed E-state index contributed by atoms with van der Waals surface area (Å²) in [5.74, 6) is 0.101. The van der Waals surface area contributed by atoms with Gasteiger partial charge in [0.1, 0.15) is 5.75 Å². The van der Waals surface area contributed by atoms with E-state index in [0.29, 0.717) is 22.6 Å². The van der Waals surface area contributed by atoms with E-state index in [-0.39, 0.29) is 17.6 Å². The SMILES string of the molecule is CCC(C)C(N)C(=O)Nc1ccc(OC)cc1C(=O)c1ccccc1. The Morgan fingerprint density at radius 2 is 1.84 bits per heavy atom. The van der Waals surface area contributed by atoms with Crippen molar-refractivity contribution >= 4 is 17.4 Å². The van der Waals surface area contributed by atoms with Gasteiger partial charge in [-0.25, -0.2) is 0 Å². The van der Waals surface area contributed by atoms with E-state index in [1.54, 1.807) is 42.5 Å². The summed E-state index contributed by atoms with van der Waals surface area (Å²) in [6.07, 6.45) is 0.799. The lowest BCUT2D eigenvalue weighted by atomic mass is 9.98. The second kappa shape index (κ2) is 8.44. The number of nitrogens with one attached hydrogen (secondary N) is 1. The van der Waals surface area contributed by atoms with Gasteiger partial charge in [0.15, 0.2) is 5.78 Å². The van der Waals surface area contributed by atoms with Crippen LogP contribution in [0.4, 0.5) is 5.69 Å². The van der Waals surface area contributed by atoms with Crippen LogP contribution in [0.3, 0.4) is 0 Å². The summed E-state index contributed by atoms with van der Waals surface area (Å²) >= 11 is 0. The van der Waals surface area contributed by atoms with Gasteiger partial charge in [-0.3, -0.25) is 9.59 Å². The van der Waals surface area contributed by atoms with Crippen LogP contribution in [0.15, 0.2) is 48.5 Å². The zero-order valence-electron chi connectivity index (χ0n) is 14.8. The first-order chi connectivity index (χ1) is 12.0. The fraction of sp³-hybridized carbons (Fsp3) is 0.300. The third-order valence-electron chi connectivity index (χ3n) is 4.32. The average Bonchev–Trinajstić information content (AvgIpc) is 2.67. The summed E-state index contributed by atoms with van der Waals surface area (Å²) in [4.78, 5) is 25.2. The van der Waals surface area contributed by atoms with Gasteiger partial charge in [0.2, 0.25) is 5.91 Å². The maximum atomic E-state index is 12.8. The molecule has 25 heavy (non-hydrogen) atoms. The molecule has 0 heterocycles. The molecule has 2 aromatic carbocycles. The molecule has 0 fully saturated rings. The van der Waals surface area contributed by atoms with Crippen LogP contribution >= 0.6 is 0 Å². The molecule has 0 bridgehead atoms. The predicted octanol–water partition coefficient (Wildman–Crippen LogP) is 3.24. The van der Waals surface area contributed by atoms with Crippen LogP contribution in [0.25, 0.3) is 0 Å². The second-order valence-corrected chi connectivity index (χ2v) is 6.01. The van der Waals surface area contributed by atoms with Crippen LogP contribution < -0.4 is 15.8 Å². The third-order valence-corrected chi connectivity index (χ3v) is 4.32. The van der Waals surface area contributed by atoms with Crippen molar-refractivity contribution in [2.45, 2.75) is 26.3 Å². The Balaban J connectivity index is 2.35. The van der Waals surface area contributed by atoms with E-state index >= 15 is 0 Å². The van der Waals surface area contributed by atoms with Gasteiger partial charge in [0.25, 0.3) is 0 Å². The molecule has 2 atom stereocenters. The summed E-state index contributed by atoms with van der Waals surface area (Å²) in [7, 11) is 1.53. The number of methoxy groups -OCH3 is 1. The van der Waals surface area contributed by atoms with Crippen molar-refractivity contribution < 1.29 is 14.3 Å². The monoisotopic (exact) mass is 340 g/mol. The molecule has 5 nitrogen and oxygen atoms in total. The summed E-state index contributed by atoms with van der Waals surface area (Å²) in [5, 5.41) is 2.79. The number of carbonyl (C=O) groups is 2. The summed E-state index contributed by atoms with van der Waals surface area (Å²) in [5.41, 5.74) is 7.33. The number of benzene rings is 2. The zero-order chi connectivity index (χ0) is 18.4. The number of amides is 1. The van der Waals surface area contributed by atoms with Crippen LogP contribution in [0.2, 0.25) is 0 Å². The highest BCUT2D eigenvalue weighted by atomic mass is 16.5. The fourth-order valence-corrected chi connectivity index (χ4v) is 2.42. The molecule has 2 aromatic rings. The van der Waals surface area contributed by atoms with Crippen LogP contribution in [0.5, 0.6) is 5.75 Å². The normalized spacial score (nSPS) is 13.0. The molecular formula is C20H24N2O3. The Morgan fingerprint density at radius 1 is 1.16 bits per heavy atom. The third kappa shape index (κ3) is 4.45. The van der Waals surface area contributed by atoms with E-state index in [2.05, 4.69) is 5.32 Å². The van der Waals surface area contributed by atoms with Crippen molar-refractivity contribution in [1.29, 1.82) is 0 Å².